The van der Waals surface area contributed by atoms with Gasteiger partial charge in [0.15, 0.2) is 0 Å². The van der Waals surface area contributed by atoms with Crippen molar-refractivity contribution in [1.82, 2.24) is 15.5 Å². The number of benzene rings is 1. The molecule has 0 spiro atoms. The predicted molar refractivity (Wildman–Crippen MR) is 86.7 cm³/mol. The molecule has 5 heteroatoms. The lowest BCUT2D eigenvalue weighted by atomic mass is 10.1. The van der Waals surface area contributed by atoms with E-state index < -0.39 is 0 Å². The predicted octanol–water partition coefficient (Wildman–Crippen LogP) is 1.85. The second kappa shape index (κ2) is 8.41. The molecule has 0 saturated carbocycles. The standard InChI is InChI=1S/C17H25N3O2/c1-14-5-2-6-15(13-14)8-10-19-17(22)18-9-4-12-20-11-3-7-16(20)21/h2,5-6,13H,3-4,7-12H2,1H3,(H2,18,19,22). The number of likely N-dealkylation sites (tertiary alicyclic amines) is 1. The number of amides is 3. The Morgan fingerprint density at radius 3 is 2.82 bits per heavy atom. The zero-order chi connectivity index (χ0) is 15.8. The highest BCUT2D eigenvalue weighted by Crippen LogP contribution is 2.09. The first-order valence-electron chi connectivity index (χ1n) is 8.00. The summed E-state index contributed by atoms with van der Waals surface area (Å²) in [5.41, 5.74) is 2.46. The molecule has 2 rings (SSSR count). The van der Waals surface area contributed by atoms with Crippen molar-refractivity contribution >= 4 is 11.9 Å². The molecule has 1 aliphatic heterocycles. The maximum absolute atomic E-state index is 11.7. The van der Waals surface area contributed by atoms with Crippen LogP contribution in [0.5, 0.6) is 0 Å². The number of hydrogen-bond acceptors (Lipinski definition) is 2. The monoisotopic (exact) mass is 303 g/mol. The van der Waals surface area contributed by atoms with Crippen molar-refractivity contribution in [2.75, 3.05) is 26.2 Å². The van der Waals surface area contributed by atoms with Crippen LogP contribution in [0.15, 0.2) is 24.3 Å². The first-order chi connectivity index (χ1) is 10.6. The van der Waals surface area contributed by atoms with Gasteiger partial charge in [0.25, 0.3) is 0 Å². The van der Waals surface area contributed by atoms with Gasteiger partial charge < -0.3 is 15.5 Å². The number of carbonyl (C=O) groups excluding carboxylic acids is 2. The van der Waals surface area contributed by atoms with E-state index in [0.29, 0.717) is 19.5 Å². The molecule has 1 aliphatic rings. The van der Waals surface area contributed by atoms with E-state index in [4.69, 9.17) is 0 Å². The molecule has 0 aromatic heterocycles. The van der Waals surface area contributed by atoms with E-state index in [1.54, 1.807) is 0 Å². The van der Waals surface area contributed by atoms with Crippen LogP contribution in [0.1, 0.15) is 30.4 Å². The highest BCUT2D eigenvalue weighted by Gasteiger charge is 2.18. The largest absolute Gasteiger partial charge is 0.343 e. The summed E-state index contributed by atoms with van der Waals surface area (Å²) in [6, 6.07) is 8.16. The fourth-order valence-corrected chi connectivity index (χ4v) is 2.66. The third kappa shape index (κ3) is 5.39. The van der Waals surface area contributed by atoms with Crippen LogP contribution in [0, 0.1) is 6.92 Å². The minimum Gasteiger partial charge on any atom is -0.343 e. The Balaban J connectivity index is 1.53. The Bertz CT molecular complexity index is 516. The summed E-state index contributed by atoms with van der Waals surface area (Å²) < 4.78 is 0. The molecular formula is C17H25N3O2. The van der Waals surface area contributed by atoms with Crippen LogP contribution in [0.4, 0.5) is 4.79 Å². The molecule has 2 N–H and O–H groups in total. The number of nitrogens with one attached hydrogen (secondary N) is 2. The van der Waals surface area contributed by atoms with Crippen molar-refractivity contribution in [2.24, 2.45) is 0 Å². The normalized spacial score (nSPS) is 14.2. The Kier molecular flexibility index (Phi) is 6.25. The molecule has 0 unspecified atom stereocenters. The van der Waals surface area contributed by atoms with Crippen molar-refractivity contribution in [2.45, 2.75) is 32.6 Å². The smallest absolute Gasteiger partial charge is 0.314 e. The van der Waals surface area contributed by atoms with Gasteiger partial charge in [-0.25, -0.2) is 4.79 Å². The van der Waals surface area contributed by atoms with Crippen LogP contribution in [0.25, 0.3) is 0 Å². The third-order valence-corrected chi connectivity index (χ3v) is 3.84. The SMILES string of the molecule is Cc1cccc(CCNC(=O)NCCCN2CCCC2=O)c1. The molecule has 0 bridgehead atoms. The van der Waals surface area contributed by atoms with Gasteiger partial charge in [0, 0.05) is 32.6 Å². The number of carbonyl (C=O) groups is 2. The van der Waals surface area contributed by atoms with Gasteiger partial charge in [-0.2, -0.15) is 0 Å². The molecule has 1 aromatic carbocycles. The lowest BCUT2D eigenvalue weighted by molar-refractivity contribution is -0.127. The van der Waals surface area contributed by atoms with Crippen molar-refractivity contribution < 1.29 is 9.59 Å². The Hall–Kier alpha value is -2.04. The van der Waals surface area contributed by atoms with Crippen LogP contribution in [-0.4, -0.2) is 43.0 Å². The summed E-state index contributed by atoms with van der Waals surface area (Å²) in [5.74, 6) is 0.239. The molecule has 1 saturated heterocycles. The van der Waals surface area contributed by atoms with Gasteiger partial charge >= 0.3 is 6.03 Å². The van der Waals surface area contributed by atoms with Crippen LogP contribution in [0.3, 0.4) is 0 Å². The van der Waals surface area contributed by atoms with Crippen LogP contribution in [0.2, 0.25) is 0 Å². The molecule has 22 heavy (non-hydrogen) atoms. The molecule has 5 nitrogen and oxygen atoms in total. The molecule has 0 radical (unpaired) electrons. The maximum atomic E-state index is 11.7. The van der Waals surface area contributed by atoms with Crippen LogP contribution >= 0.6 is 0 Å². The lowest BCUT2D eigenvalue weighted by Gasteiger charge is -2.15. The molecular weight excluding hydrogens is 278 g/mol. The summed E-state index contributed by atoms with van der Waals surface area (Å²) in [7, 11) is 0. The quantitative estimate of drug-likeness (QED) is 0.755. The third-order valence-electron chi connectivity index (χ3n) is 3.84. The van der Waals surface area contributed by atoms with E-state index in [1.807, 2.05) is 11.0 Å². The van der Waals surface area contributed by atoms with E-state index in [9.17, 15) is 9.59 Å². The van der Waals surface area contributed by atoms with Gasteiger partial charge in [-0.15, -0.1) is 0 Å². The zero-order valence-corrected chi connectivity index (χ0v) is 13.2. The molecule has 1 heterocycles. The number of aryl methyl sites for hydroxylation is 1. The second-order valence-corrected chi connectivity index (χ2v) is 5.76. The summed E-state index contributed by atoms with van der Waals surface area (Å²) in [6.45, 7) is 4.89. The highest BCUT2D eigenvalue weighted by molar-refractivity contribution is 5.78. The molecule has 0 atom stereocenters. The molecule has 0 aliphatic carbocycles. The average molecular weight is 303 g/mol. The Morgan fingerprint density at radius 2 is 2.09 bits per heavy atom. The van der Waals surface area contributed by atoms with Gasteiger partial charge in [-0.3, -0.25) is 4.79 Å². The first kappa shape index (κ1) is 16.3. The molecule has 120 valence electrons. The van der Waals surface area contributed by atoms with Gasteiger partial charge in [-0.05, 0) is 31.7 Å². The van der Waals surface area contributed by atoms with E-state index in [2.05, 4.69) is 35.8 Å². The van der Waals surface area contributed by atoms with E-state index in [-0.39, 0.29) is 11.9 Å². The van der Waals surface area contributed by atoms with Crippen LogP contribution < -0.4 is 10.6 Å². The molecule has 1 aromatic rings. The number of rotatable bonds is 7. The van der Waals surface area contributed by atoms with Gasteiger partial charge in [0.05, 0.1) is 0 Å². The topological polar surface area (TPSA) is 61.4 Å². The summed E-state index contributed by atoms with van der Waals surface area (Å²) in [4.78, 5) is 25.0. The lowest BCUT2D eigenvalue weighted by Crippen LogP contribution is -2.38. The average Bonchev–Trinajstić information content (AvgIpc) is 2.89. The first-order valence-corrected chi connectivity index (χ1v) is 8.00. The van der Waals surface area contributed by atoms with Crippen molar-refractivity contribution in [3.8, 4) is 0 Å². The zero-order valence-electron chi connectivity index (χ0n) is 13.2. The van der Waals surface area contributed by atoms with Crippen molar-refractivity contribution in [1.29, 1.82) is 0 Å². The van der Waals surface area contributed by atoms with E-state index in [0.717, 1.165) is 32.4 Å². The highest BCUT2D eigenvalue weighted by atomic mass is 16.2. The molecule has 3 amide bonds. The van der Waals surface area contributed by atoms with Gasteiger partial charge in [0.1, 0.15) is 0 Å². The summed E-state index contributed by atoms with van der Waals surface area (Å²) >= 11 is 0. The number of hydrogen-bond donors (Lipinski definition) is 2. The number of urea groups is 1. The van der Waals surface area contributed by atoms with E-state index in [1.165, 1.54) is 11.1 Å². The Morgan fingerprint density at radius 1 is 1.27 bits per heavy atom. The summed E-state index contributed by atoms with van der Waals surface area (Å²) in [6.07, 6.45) is 3.27. The Labute approximate surface area is 132 Å². The van der Waals surface area contributed by atoms with Crippen molar-refractivity contribution in [3.05, 3.63) is 35.4 Å². The second-order valence-electron chi connectivity index (χ2n) is 5.76. The number of nitrogens with zero attached hydrogens (tertiary/aromatic N) is 1. The fourth-order valence-electron chi connectivity index (χ4n) is 2.66. The minimum atomic E-state index is -0.139. The maximum Gasteiger partial charge on any atom is 0.314 e. The van der Waals surface area contributed by atoms with Gasteiger partial charge in [-0.1, -0.05) is 29.8 Å². The van der Waals surface area contributed by atoms with Crippen LogP contribution in [-0.2, 0) is 11.2 Å². The van der Waals surface area contributed by atoms with E-state index >= 15 is 0 Å². The molecule has 1 fully saturated rings. The van der Waals surface area contributed by atoms with Gasteiger partial charge in [0.2, 0.25) is 5.91 Å². The fraction of sp³-hybridized carbons (Fsp3) is 0.529. The summed E-state index contributed by atoms with van der Waals surface area (Å²) in [5, 5.41) is 5.69. The minimum absolute atomic E-state index is 0.139. The van der Waals surface area contributed by atoms with Crippen molar-refractivity contribution in [3.63, 3.8) is 0 Å².